The molecule has 4 nitrogen and oxygen atoms in total. The van der Waals surface area contributed by atoms with Crippen LogP contribution in [0.1, 0.15) is 81.5 Å². The molecule has 2 N–H and O–H groups in total. The van der Waals surface area contributed by atoms with Crippen LogP contribution in [0.25, 0.3) is 0 Å². The molecule has 1 aromatic rings. The van der Waals surface area contributed by atoms with Crippen molar-refractivity contribution in [1.82, 2.24) is 10.6 Å². The van der Waals surface area contributed by atoms with Crippen molar-refractivity contribution in [2.24, 2.45) is 0 Å². The van der Waals surface area contributed by atoms with Crippen LogP contribution in [0.5, 0.6) is 5.75 Å². The van der Waals surface area contributed by atoms with Gasteiger partial charge in [-0.3, -0.25) is 10.1 Å². The highest BCUT2D eigenvalue weighted by molar-refractivity contribution is 7.80. The van der Waals surface area contributed by atoms with Gasteiger partial charge in [-0.05, 0) is 43.6 Å². The smallest absolute Gasteiger partial charge is 0.261 e. The highest BCUT2D eigenvalue weighted by Gasteiger charge is 2.16. The van der Waals surface area contributed by atoms with Crippen LogP contribution in [0.4, 0.5) is 0 Å². The Labute approximate surface area is 163 Å². The average molecular weight is 377 g/mol. The molecule has 0 saturated heterocycles. The fourth-order valence-electron chi connectivity index (χ4n) is 3.31. The van der Waals surface area contributed by atoms with Crippen LogP contribution in [0.3, 0.4) is 0 Å². The van der Waals surface area contributed by atoms with Crippen molar-refractivity contribution in [2.45, 2.75) is 77.2 Å². The second-order valence-corrected chi connectivity index (χ2v) is 7.43. The largest absolute Gasteiger partial charge is 0.493 e. The summed E-state index contributed by atoms with van der Waals surface area (Å²) in [4.78, 5) is 12.6. The molecule has 0 radical (unpaired) electrons. The Morgan fingerprint density at radius 2 is 1.85 bits per heavy atom. The summed E-state index contributed by atoms with van der Waals surface area (Å²) < 4.78 is 5.83. The van der Waals surface area contributed by atoms with E-state index in [1.54, 1.807) is 6.07 Å². The third kappa shape index (κ3) is 7.32. The fourth-order valence-corrected chi connectivity index (χ4v) is 3.57. The monoisotopic (exact) mass is 376 g/mol. The summed E-state index contributed by atoms with van der Waals surface area (Å²) in [6.45, 7) is 2.82. The molecule has 0 heterocycles. The van der Waals surface area contributed by atoms with E-state index in [0.717, 1.165) is 25.7 Å². The molecular formula is C21H32N2O2S. The van der Waals surface area contributed by atoms with E-state index in [2.05, 4.69) is 17.6 Å². The Bertz CT molecular complexity index is 569. The molecule has 1 saturated carbocycles. The van der Waals surface area contributed by atoms with Crippen LogP contribution in [-0.2, 0) is 0 Å². The third-order valence-electron chi connectivity index (χ3n) is 4.80. The van der Waals surface area contributed by atoms with Gasteiger partial charge in [0.2, 0.25) is 0 Å². The van der Waals surface area contributed by atoms with Gasteiger partial charge in [0.25, 0.3) is 5.91 Å². The number of carbonyl (C=O) groups excluding carboxylic acids is 1. The van der Waals surface area contributed by atoms with Gasteiger partial charge in [0.15, 0.2) is 5.11 Å². The Morgan fingerprint density at radius 3 is 2.58 bits per heavy atom. The van der Waals surface area contributed by atoms with Gasteiger partial charge in [-0.1, -0.05) is 64.0 Å². The normalized spacial score (nSPS) is 15.1. The molecule has 1 aromatic carbocycles. The van der Waals surface area contributed by atoms with E-state index in [9.17, 15) is 4.79 Å². The number of benzene rings is 1. The topological polar surface area (TPSA) is 50.4 Å². The number of rotatable bonds is 8. The molecule has 0 bridgehead atoms. The van der Waals surface area contributed by atoms with E-state index >= 15 is 0 Å². The molecule has 0 aliphatic heterocycles. The molecule has 0 unspecified atom stereocenters. The highest BCUT2D eigenvalue weighted by atomic mass is 32.1. The van der Waals surface area contributed by atoms with Gasteiger partial charge in [0.1, 0.15) is 5.75 Å². The second kappa shape index (κ2) is 11.9. The average Bonchev–Trinajstić information content (AvgIpc) is 2.90. The summed E-state index contributed by atoms with van der Waals surface area (Å²) in [5.74, 6) is 0.416. The number of amides is 1. The predicted octanol–water partition coefficient (Wildman–Crippen LogP) is 4.97. The lowest BCUT2D eigenvalue weighted by atomic mass is 10.1. The van der Waals surface area contributed by atoms with Crippen molar-refractivity contribution < 1.29 is 9.53 Å². The first-order valence-electron chi connectivity index (χ1n) is 10.0. The Kier molecular flexibility index (Phi) is 9.46. The third-order valence-corrected chi connectivity index (χ3v) is 5.02. The highest BCUT2D eigenvalue weighted by Crippen LogP contribution is 2.19. The molecule has 26 heavy (non-hydrogen) atoms. The van der Waals surface area contributed by atoms with Gasteiger partial charge in [0, 0.05) is 6.04 Å². The minimum Gasteiger partial charge on any atom is -0.493 e. The van der Waals surface area contributed by atoms with Gasteiger partial charge >= 0.3 is 0 Å². The SMILES string of the molecule is CCCCCCOc1ccccc1C(=O)NC(=S)NC1CCCCCC1. The lowest BCUT2D eigenvalue weighted by Crippen LogP contribution is -2.44. The van der Waals surface area contributed by atoms with Crippen molar-refractivity contribution >= 4 is 23.2 Å². The Hall–Kier alpha value is -1.62. The predicted molar refractivity (Wildman–Crippen MR) is 111 cm³/mol. The lowest BCUT2D eigenvalue weighted by Gasteiger charge is -2.19. The maximum atomic E-state index is 12.6. The number of ether oxygens (including phenoxy) is 1. The van der Waals surface area contributed by atoms with E-state index in [-0.39, 0.29) is 5.91 Å². The van der Waals surface area contributed by atoms with Gasteiger partial charge in [-0.2, -0.15) is 0 Å². The molecule has 0 atom stereocenters. The van der Waals surface area contributed by atoms with Crippen LogP contribution >= 0.6 is 12.2 Å². The molecule has 5 heteroatoms. The summed E-state index contributed by atoms with van der Waals surface area (Å²) in [5.41, 5.74) is 0.535. The molecule has 1 aliphatic carbocycles. The minimum absolute atomic E-state index is 0.208. The van der Waals surface area contributed by atoms with Crippen molar-refractivity contribution in [1.29, 1.82) is 0 Å². The van der Waals surface area contributed by atoms with Gasteiger partial charge in [-0.15, -0.1) is 0 Å². The minimum atomic E-state index is -0.208. The van der Waals surface area contributed by atoms with Gasteiger partial charge < -0.3 is 10.1 Å². The number of para-hydroxylation sites is 1. The zero-order chi connectivity index (χ0) is 18.6. The number of carbonyl (C=O) groups is 1. The van der Waals surface area contributed by atoms with Gasteiger partial charge in [0.05, 0.1) is 12.2 Å². The number of hydrogen-bond donors (Lipinski definition) is 2. The van der Waals surface area contributed by atoms with Crippen molar-refractivity contribution in [3.05, 3.63) is 29.8 Å². The molecule has 1 amide bonds. The molecular weight excluding hydrogens is 344 g/mol. The van der Waals surface area contributed by atoms with Crippen molar-refractivity contribution in [2.75, 3.05) is 6.61 Å². The van der Waals surface area contributed by atoms with E-state index in [4.69, 9.17) is 17.0 Å². The maximum absolute atomic E-state index is 12.6. The van der Waals surface area contributed by atoms with Crippen molar-refractivity contribution in [3.8, 4) is 5.75 Å². The van der Waals surface area contributed by atoms with Gasteiger partial charge in [-0.25, -0.2) is 0 Å². The first-order valence-corrected chi connectivity index (χ1v) is 10.4. The van der Waals surface area contributed by atoms with E-state index in [1.165, 1.54) is 38.5 Å². The Balaban J connectivity index is 1.84. The fraction of sp³-hybridized carbons (Fsp3) is 0.619. The zero-order valence-corrected chi connectivity index (χ0v) is 16.7. The quantitative estimate of drug-likeness (QED) is 0.382. The molecule has 1 aliphatic rings. The Morgan fingerprint density at radius 1 is 1.12 bits per heavy atom. The van der Waals surface area contributed by atoms with Crippen LogP contribution in [0, 0.1) is 0 Å². The summed E-state index contributed by atoms with van der Waals surface area (Å²) in [7, 11) is 0. The summed E-state index contributed by atoms with van der Waals surface area (Å²) in [6, 6.07) is 7.73. The molecule has 2 rings (SSSR count). The van der Waals surface area contributed by atoms with Crippen molar-refractivity contribution in [3.63, 3.8) is 0 Å². The lowest BCUT2D eigenvalue weighted by molar-refractivity contribution is 0.0972. The van der Waals surface area contributed by atoms with Crippen LogP contribution in [-0.4, -0.2) is 23.7 Å². The van der Waals surface area contributed by atoms with Crippen LogP contribution in [0.2, 0.25) is 0 Å². The molecule has 0 aromatic heterocycles. The van der Waals surface area contributed by atoms with E-state index in [0.29, 0.717) is 29.1 Å². The van der Waals surface area contributed by atoms with E-state index in [1.807, 2.05) is 18.2 Å². The number of hydrogen-bond acceptors (Lipinski definition) is 3. The van der Waals surface area contributed by atoms with Crippen LogP contribution in [0.15, 0.2) is 24.3 Å². The molecule has 1 fully saturated rings. The standard InChI is InChI=1S/C21H32N2O2S/c1-2-3-4-11-16-25-19-15-10-9-14-18(19)20(24)23-21(26)22-17-12-7-5-6-8-13-17/h9-10,14-15,17H,2-8,11-13,16H2,1H3,(H2,22,23,24,26). The first-order chi connectivity index (χ1) is 12.7. The zero-order valence-electron chi connectivity index (χ0n) is 15.9. The second-order valence-electron chi connectivity index (χ2n) is 7.02. The number of nitrogens with one attached hydrogen (secondary N) is 2. The maximum Gasteiger partial charge on any atom is 0.261 e. The summed E-state index contributed by atoms with van der Waals surface area (Å²) in [5, 5.41) is 6.54. The summed E-state index contributed by atoms with van der Waals surface area (Å²) >= 11 is 5.35. The molecule has 144 valence electrons. The number of unbranched alkanes of at least 4 members (excludes halogenated alkanes) is 3. The van der Waals surface area contributed by atoms with E-state index < -0.39 is 0 Å². The number of thiocarbonyl (C=S) groups is 1. The first kappa shape index (κ1) is 20.7. The van der Waals surface area contributed by atoms with Crippen LogP contribution < -0.4 is 15.4 Å². The summed E-state index contributed by atoms with van der Waals surface area (Å²) in [6.07, 6.45) is 11.8. The molecule has 0 spiro atoms.